The van der Waals surface area contributed by atoms with Crippen LogP contribution in [0.4, 0.5) is 0 Å². The van der Waals surface area contributed by atoms with Gasteiger partial charge in [0.1, 0.15) is 0 Å². The molecular weight excluding hydrogens is 192 g/mol. The van der Waals surface area contributed by atoms with Crippen LogP contribution in [0.3, 0.4) is 0 Å². The Bertz CT molecular complexity index is 142. The zero-order chi connectivity index (χ0) is 10.9. The molecule has 0 aliphatic heterocycles. The fraction of sp³-hybridized carbons (Fsp3) is 0.818. The molecule has 0 aromatic rings. The maximum Gasteiger partial charge on any atom is 0.341 e. The molecule has 0 spiro atoms. The maximum absolute atomic E-state index is 5.86. The highest BCUT2D eigenvalue weighted by atomic mass is 28.4. The zero-order valence-corrected chi connectivity index (χ0v) is 10.8. The van der Waals surface area contributed by atoms with E-state index in [0.29, 0.717) is 0 Å². The van der Waals surface area contributed by atoms with Gasteiger partial charge < -0.3 is 8.85 Å². The minimum absolute atomic E-state index is 0.754. The van der Waals surface area contributed by atoms with Gasteiger partial charge in [-0.2, -0.15) is 0 Å². The second-order valence-corrected chi connectivity index (χ2v) is 6.68. The van der Waals surface area contributed by atoms with Crippen molar-refractivity contribution in [2.24, 2.45) is 0 Å². The van der Waals surface area contributed by atoms with Crippen LogP contribution >= 0.6 is 0 Å². The molecule has 0 aliphatic rings. The fourth-order valence-electron chi connectivity index (χ4n) is 1.60. The highest BCUT2D eigenvalue weighted by molar-refractivity contribution is 6.67. The lowest BCUT2D eigenvalue weighted by Crippen LogP contribution is -2.41. The first-order valence-electron chi connectivity index (χ1n) is 5.63. The van der Waals surface area contributed by atoms with Gasteiger partial charge in [0, 0.05) is 19.3 Å². The SMILES string of the molecule is C=CC[Si](CCCC)(OCC)OCC. The summed E-state index contributed by atoms with van der Waals surface area (Å²) in [6.45, 7) is 11.6. The van der Waals surface area contributed by atoms with Crippen molar-refractivity contribution in [3.63, 3.8) is 0 Å². The molecule has 0 atom stereocenters. The Balaban J connectivity index is 4.28. The summed E-state index contributed by atoms with van der Waals surface area (Å²) < 4.78 is 11.7. The van der Waals surface area contributed by atoms with Gasteiger partial charge in [-0.1, -0.05) is 25.8 Å². The molecule has 0 aromatic heterocycles. The van der Waals surface area contributed by atoms with Gasteiger partial charge in [0.05, 0.1) is 0 Å². The van der Waals surface area contributed by atoms with Crippen molar-refractivity contribution >= 4 is 8.56 Å². The van der Waals surface area contributed by atoms with Crippen LogP contribution in [0, 0.1) is 0 Å². The van der Waals surface area contributed by atoms with Gasteiger partial charge in [0.2, 0.25) is 0 Å². The summed E-state index contributed by atoms with van der Waals surface area (Å²) >= 11 is 0. The number of hydrogen-bond donors (Lipinski definition) is 0. The van der Waals surface area contributed by atoms with E-state index in [0.717, 1.165) is 25.3 Å². The number of unbranched alkanes of at least 4 members (excludes halogenated alkanes) is 1. The van der Waals surface area contributed by atoms with E-state index in [4.69, 9.17) is 8.85 Å². The lowest BCUT2D eigenvalue weighted by atomic mass is 10.4. The molecule has 0 amide bonds. The average molecular weight is 216 g/mol. The molecule has 14 heavy (non-hydrogen) atoms. The third-order valence-corrected chi connectivity index (χ3v) is 5.84. The molecule has 0 radical (unpaired) electrons. The van der Waals surface area contributed by atoms with Crippen molar-refractivity contribution < 1.29 is 8.85 Å². The van der Waals surface area contributed by atoms with Crippen LogP contribution < -0.4 is 0 Å². The Kier molecular flexibility index (Phi) is 8.13. The van der Waals surface area contributed by atoms with Crippen molar-refractivity contribution in [3.05, 3.63) is 12.7 Å². The fourth-order valence-corrected chi connectivity index (χ4v) is 4.79. The summed E-state index contributed by atoms with van der Waals surface area (Å²) in [6, 6.07) is 2.01. The number of rotatable bonds is 9. The van der Waals surface area contributed by atoms with E-state index in [2.05, 4.69) is 13.5 Å². The van der Waals surface area contributed by atoms with E-state index in [9.17, 15) is 0 Å². The molecule has 0 bridgehead atoms. The minimum Gasteiger partial charge on any atom is -0.394 e. The first-order chi connectivity index (χ1) is 6.74. The van der Waals surface area contributed by atoms with E-state index in [1.54, 1.807) is 0 Å². The van der Waals surface area contributed by atoms with Gasteiger partial charge in [0.15, 0.2) is 0 Å². The summed E-state index contributed by atoms with van der Waals surface area (Å²) in [7, 11) is -1.93. The lowest BCUT2D eigenvalue weighted by Gasteiger charge is -2.28. The first-order valence-corrected chi connectivity index (χ1v) is 7.86. The van der Waals surface area contributed by atoms with Crippen molar-refractivity contribution in [1.29, 1.82) is 0 Å². The molecule has 0 heterocycles. The first kappa shape index (κ1) is 13.9. The van der Waals surface area contributed by atoms with Gasteiger partial charge in [-0.05, 0) is 19.9 Å². The van der Waals surface area contributed by atoms with Crippen molar-refractivity contribution in [3.8, 4) is 0 Å². The Labute approximate surface area is 89.6 Å². The summed E-state index contributed by atoms with van der Waals surface area (Å²) in [4.78, 5) is 0. The van der Waals surface area contributed by atoms with E-state index >= 15 is 0 Å². The molecule has 3 heteroatoms. The summed E-state index contributed by atoms with van der Waals surface area (Å²) in [5, 5.41) is 0. The molecule has 84 valence electrons. The molecule has 0 aromatic carbocycles. The Morgan fingerprint density at radius 2 is 1.71 bits per heavy atom. The van der Waals surface area contributed by atoms with E-state index in [-0.39, 0.29) is 0 Å². The Hall–Kier alpha value is -0.123. The van der Waals surface area contributed by atoms with Gasteiger partial charge >= 0.3 is 8.56 Å². The van der Waals surface area contributed by atoms with E-state index in [1.807, 2.05) is 19.9 Å². The van der Waals surface area contributed by atoms with Crippen LogP contribution in [0.2, 0.25) is 12.1 Å². The van der Waals surface area contributed by atoms with Gasteiger partial charge in [-0.3, -0.25) is 0 Å². The van der Waals surface area contributed by atoms with E-state index < -0.39 is 8.56 Å². The van der Waals surface area contributed by atoms with E-state index in [1.165, 1.54) is 12.8 Å². The molecule has 0 rings (SSSR count). The Morgan fingerprint density at radius 3 is 2.07 bits per heavy atom. The topological polar surface area (TPSA) is 18.5 Å². The number of hydrogen-bond acceptors (Lipinski definition) is 2. The molecule has 0 fully saturated rings. The second-order valence-electron chi connectivity index (χ2n) is 3.37. The average Bonchev–Trinajstić information content (AvgIpc) is 2.16. The summed E-state index contributed by atoms with van der Waals surface area (Å²) in [5.74, 6) is 0. The van der Waals surface area contributed by atoms with Gasteiger partial charge in [-0.25, -0.2) is 0 Å². The highest BCUT2D eigenvalue weighted by Crippen LogP contribution is 2.22. The van der Waals surface area contributed by atoms with Gasteiger partial charge in [0.25, 0.3) is 0 Å². The molecule has 0 saturated carbocycles. The largest absolute Gasteiger partial charge is 0.394 e. The molecule has 0 unspecified atom stereocenters. The summed E-state index contributed by atoms with van der Waals surface area (Å²) in [5.41, 5.74) is 0. The van der Waals surface area contributed by atoms with Gasteiger partial charge in [-0.15, -0.1) is 6.58 Å². The minimum atomic E-state index is -1.93. The monoisotopic (exact) mass is 216 g/mol. The third kappa shape index (κ3) is 4.93. The van der Waals surface area contributed by atoms with Crippen LogP contribution in [0.25, 0.3) is 0 Å². The number of allylic oxidation sites excluding steroid dienone is 1. The predicted octanol–water partition coefficient (Wildman–Crippen LogP) is 3.49. The molecular formula is C11H24O2Si. The standard InChI is InChI=1S/C11H24O2Si/c1-5-9-11-14(10-6-2,12-7-3)13-8-4/h6H,2,5,7-11H2,1,3-4H3. The smallest absolute Gasteiger partial charge is 0.341 e. The maximum atomic E-state index is 5.86. The van der Waals surface area contributed by atoms with Crippen LogP contribution in [-0.2, 0) is 8.85 Å². The summed E-state index contributed by atoms with van der Waals surface area (Å²) in [6.07, 6.45) is 4.33. The normalized spacial score (nSPS) is 11.6. The molecule has 0 saturated heterocycles. The quantitative estimate of drug-likeness (QED) is 0.434. The van der Waals surface area contributed by atoms with Crippen LogP contribution in [0.1, 0.15) is 33.6 Å². The second kappa shape index (κ2) is 8.21. The van der Waals surface area contributed by atoms with Crippen molar-refractivity contribution in [2.45, 2.75) is 45.7 Å². The lowest BCUT2D eigenvalue weighted by molar-refractivity contribution is 0.184. The molecule has 0 N–H and O–H groups in total. The highest BCUT2D eigenvalue weighted by Gasteiger charge is 2.34. The molecule has 2 nitrogen and oxygen atoms in total. The zero-order valence-electron chi connectivity index (χ0n) is 9.84. The van der Waals surface area contributed by atoms with Crippen molar-refractivity contribution in [2.75, 3.05) is 13.2 Å². The van der Waals surface area contributed by atoms with Crippen LogP contribution in [0.5, 0.6) is 0 Å². The predicted molar refractivity (Wildman–Crippen MR) is 63.7 cm³/mol. The van der Waals surface area contributed by atoms with Crippen LogP contribution in [-0.4, -0.2) is 21.8 Å². The third-order valence-electron chi connectivity index (χ3n) is 2.18. The van der Waals surface area contributed by atoms with Crippen LogP contribution in [0.15, 0.2) is 12.7 Å². The van der Waals surface area contributed by atoms with Crippen molar-refractivity contribution in [1.82, 2.24) is 0 Å². The molecule has 0 aliphatic carbocycles. The Morgan fingerprint density at radius 1 is 1.14 bits per heavy atom.